The molecule has 0 saturated heterocycles. The Morgan fingerprint density at radius 3 is 2.81 bits per heavy atom. The molecular formula is C12H10N2O2. The molecule has 0 fully saturated rings. The van der Waals surface area contributed by atoms with Crippen molar-refractivity contribution in [3.8, 4) is 18.4 Å². The molecule has 4 heteroatoms. The summed E-state index contributed by atoms with van der Waals surface area (Å²) < 4.78 is 0. The molecule has 1 atom stereocenters. The van der Waals surface area contributed by atoms with Gasteiger partial charge in [-0.05, 0) is 12.1 Å². The lowest BCUT2D eigenvalue weighted by Gasteiger charge is -2.13. The number of nitriles is 1. The Labute approximate surface area is 93.5 Å². The number of carboxylic acids is 1. The molecule has 0 bridgehead atoms. The van der Waals surface area contributed by atoms with Gasteiger partial charge < -0.3 is 10.4 Å². The number of carboxylic acid groups (broad SMARTS) is 1. The fourth-order valence-corrected chi connectivity index (χ4v) is 1.21. The number of carbonyl (C=O) groups is 1. The number of nitrogens with zero attached hydrogens (tertiary/aromatic N) is 1. The van der Waals surface area contributed by atoms with Crippen molar-refractivity contribution >= 4 is 11.7 Å². The largest absolute Gasteiger partial charge is 0.480 e. The number of hydrogen-bond donors (Lipinski definition) is 2. The van der Waals surface area contributed by atoms with Gasteiger partial charge in [-0.15, -0.1) is 12.3 Å². The van der Waals surface area contributed by atoms with E-state index in [-0.39, 0.29) is 6.42 Å². The molecule has 0 amide bonds. The van der Waals surface area contributed by atoms with Gasteiger partial charge in [0.1, 0.15) is 12.1 Å². The fourth-order valence-electron chi connectivity index (χ4n) is 1.21. The Balaban J connectivity index is 2.90. The second-order valence-electron chi connectivity index (χ2n) is 3.10. The minimum absolute atomic E-state index is 0.0646. The maximum absolute atomic E-state index is 10.9. The SMILES string of the molecule is C#CCC(Nc1ccccc1C#N)C(=O)O. The number of rotatable bonds is 4. The van der Waals surface area contributed by atoms with E-state index in [0.29, 0.717) is 11.3 Å². The molecule has 1 unspecified atom stereocenters. The maximum atomic E-state index is 10.9. The zero-order valence-corrected chi connectivity index (χ0v) is 8.47. The van der Waals surface area contributed by atoms with E-state index in [1.165, 1.54) is 0 Å². The predicted molar refractivity (Wildman–Crippen MR) is 59.7 cm³/mol. The van der Waals surface area contributed by atoms with Crippen LogP contribution in [0.25, 0.3) is 0 Å². The molecular weight excluding hydrogens is 204 g/mol. The minimum Gasteiger partial charge on any atom is -0.480 e. The van der Waals surface area contributed by atoms with E-state index in [4.69, 9.17) is 16.8 Å². The Morgan fingerprint density at radius 2 is 2.25 bits per heavy atom. The second-order valence-corrected chi connectivity index (χ2v) is 3.10. The first-order valence-corrected chi connectivity index (χ1v) is 4.61. The maximum Gasteiger partial charge on any atom is 0.327 e. The molecule has 2 N–H and O–H groups in total. The van der Waals surface area contributed by atoms with Gasteiger partial charge >= 0.3 is 5.97 Å². The van der Waals surface area contributed by atoms with E-state index in [1.807, 2.05) is 6.07 Å². The molecule has 4 nitrogen and oxygen atoms in total. The number of para-hydroxylation sites is 1. The van der Waals surface area contributed by atoms with Crippen molar-refractivity contribution in [3.63, 3.8) is 0 Å². The van der Waals surface area contributed by atoms with E-state index in [9.17, 15) is 4.79 Å². The predicted octanol–water partition coefficient (Wildman–Crippen LogP) is 1.45. The monoisotopic (exact) mass is 214 g/mol. The lowest BCUT2D eigenvalue weighted by atomic mass is 10.1. The van der Waals surface area contributed by atoms with Crippen LogP contribution >= 0.6 is 0 Å². The van der Waals surface area contributed by atoms with Gasteiger partial charge in [0.15, 0.2) is 0 Å². The molecule has 16 heavy (non-hydrogen) atoms. The zero-order chi connectivity index (χ0) is 12.0. The van der Waals surface area contributed by atoms with Crippen LogP contribution < -0.4 is 5.32 Å². The van der Waals surface area contributed by atoms with Crippen LogP contribution in [0, 0.1) is 23.7 Å². The quantitative estimate of drug-likeness (QED) is 0.744. The van der Waals surface area contributed by atoms with Gasteiger partial charge in [-0.3, -0.25) is 0 Å². The number of terminal acetylenes is 1. The van der Waals surface area contributed by atoms with E-state index >= 15 is 0 Å². The molecule has 0 aliphatic heterocycles. The van der Waals surface area contributed by atoms with Crippen molar-refractivity contribution in [2.24, 2.45) is 0 Å². The zero-order valence-electron chi connectivity index (χ0n) is 8.47. The van der Waals surface area contributed by atoms with Crippen molar-refractivity contribution in [2.75, 3.05) is 5.32 Å². The van der Waals surface area contributed by atoms with E-state index in [0.717, 1.165) is 0 Å². The van der Waals surface area contributed by atoms with Crippen molar-refractivity contribution < 1.29 is 9.90 Å². The Kier molecular flexibility index (Phi) is 3.94. The van der Waals surface area contributed by atoms with Crippen LogP contribution in [0.15, 0.2) is 24.3 Å². The van der Waals surface area contributed by atoms with Gasteiger partial charge in [0.2, 0.25) is 0 Å². The van der Waals surface area contributed by atoms with Crippen LogP contribution in [0.4, 0.5) is 5.69 Å². The van der Waals surface area contributed by atoms with Crippen LogP contribution in [-0.2, 0) is 4.79 Å². The van der Waals surface area contributed by atoms with E-state index in [2.05, 4.69) is 11.2 Å². The molecule has 0 aliphatic carbocycles. The van der Waals surface area contributed by atoms with Crippen LogP contribution in [0.1, 0.15) is 12.0 Å². The summed E-state index contributed by atoms with van der Waals surface area (Å²) in [4.78, 5) is 10.9. The molecule has 0 radical (unpaired) electrons. The van der Waals surface area contributed by atoms with Crippen molar-refractivity contribution in [3.05, 3.63) is 29.8 Å². The number of hydrogen-bond acceptors (Lipinski definition) is 3. The molecule has 0 heterocycles. The molecule has 1 rings (SSSR count). The van der Waals surface area contributed by atoms with E-state index < -0.39 is 12.0 Å². The molecule has 80 valence electrons. The fraction of sp³-hybridized carbons (Fsp3) is 0.167. The molecule has 0 saturated carbocycles. The molecule has 0 aromatic heterocycles. The number of benzene rings is 1. The normalized spacial score (nSPS) is 10.9. The highest BCUT2D eigenvalue weighted by atomic mass is 16.4. The molecule has 0 aliphatic rings. The Bertz CT molecular complexity index is 469. The summed E-state index contributed by atoms with van der Waals surface area (Å²) in [6, 6.07) is 7.78. The first-order chi connectivity index (χ1) is 7.69. The summed E-state index contributed by atoms with van der Waals surface area (Å²) in [6.07, 6.45) is 5.14. The van der Waals surface area contributed by atoms with Crippen molar-refractivity contribution in [1.29, 1.82) is 5.26 Å². The second kappa shape index (κ2) is 5.43. The summed E-state index contributed by atoms with van der Waals surface area (Å²) in [5.74, 6) is 1.24. The van der Waals surface area contributed by atoms with Crippen LogP contribution in [0.3, 0.4) is 0 Å². The molecule has 0 spiro atoms. The van der Waals surface area contributed by atoms with Gasteiger partial charge in [0.25, 0.3) is 0 Å². The van der Waals surface area contributed by atoms with Gasteiger partial charge in [-0.25, -0.2) is 4.79 Å². The van der Waals surface area contributed by atoms with Gasteiger partial charge in [0.05, 0.1) is 11.3 Å². The summed E-state index contributed by atoms with van der Waals surface area (Å²) in [7, 11) is 0. The lowest BCUT2D eigenvalue weighted by molar-refractivity contribution is -0.137. The number of anilines is 1. The smallest absolute Gasteiger partial charge is 0.327 e. The van der Waals surface area contributed by atoms with Crippen LogP contribution in [0.5, 0.6) is 0 Å². The third-order valence-electron chi connectivity index (χ3n) is 2.00. The summed E-state index contributed by atoms with van der Waals surface area (Å²) >= 11 is 0. The molecule has 1 aromatic rings. The van der Waals surface area contributed by atoms with Crippen molar-refractivity contribution in [2.45, 2.75) is 12.5 Å². The lowest BCUT2D eigenvalue weighted by Crippen LogP contribution is -2.29. The first kappa shape index (κ1) is 11.6. The van der Waals surface area contributed by atoms with Crippen molar-refractivity contribution in [1.82, 2.24) is 0 Å². The van der Waals surface area contributed by atoms with Crippen LogP contribution in [-0.4, -0.2) is 17.1 Å². The van der Waals surface area contributed by atoms with Gasteiger partial charge in [-0.1, -0.05) is 12.1 Å². The van der Waals surface area contributed by atoms with Gasteiger partial charge in [0, 0.05) is 6.42 Å². The Morgan fingerprint density at radius 1 is 1.56 bits per heavy atom. The first-order valence-electron chi connectivity index (χ1n) is 4.61. The minimum atomic E-state index is -1.04. The third-order valence-corrected chi connectivity index (χ3v) is 2.00. The summed E-state index contributed by atoms with van der Waals surface area (Å²) in [5.41, 5.74) is 0.874. The van der Waals surface area contributed by atoms with Gasteiger partial charge in [-0.2, -0.15) is 5.26 Å². The average molecular weight is 214 g/mol. The summed E-state index contributed by atoms with van der Waals surface area (Å²) in [5, 5.41) is 20.4. The number of nitrogens with one attached hydrogen (secondary N) is 1. The van der Waals surface area contributed by atoms with Crippen LogP contribution in [0.2, 0.25) is 0 Å². The highest BCUT2D eigenvalue weighted by molar-refractivity contribution is 5.78. The average Bonchev–Trinajstić information content (AvgIpc) is 2.29. The third kappa shape index (κ3) is 2.76. The highest BCUT2D eigenvalue weighted by Gasteiger charge is 2.16. The van der Waals surface area contributed by atoms with E-state index in [1.54, 1.807) is 24.3 Å². The molecule has 1 aromatic carbocycles. The topological polar surface area (TPSA) is 73.1 Å². The highest BCUT2D eigenvalue weighted by Crippen LogP contribution is 2.15. The number of aliphatic carboxylic acids is 1. The summed E-state index contributed by atoms with van der Waals surface area (Å²) in [6.45, 7) is 0. The Hall–Kier alpha value is -2.46. The standard InChI is InChI=1S/C12H10N2O2/c1-2-5-11(12(15)16)14-10-7-4-3-6-9(10)8-13/h1,3-4,6-7,11,14H,5H2,(H,15,16).